The summed E-state index contributed by atoms with van der Waals surface area (Å²) in [7, 11) is 0. The molecule has 0 aromatic rings. The molecule has 3 nitrogen and oxygen atoms in total. The van der Waals surface area contributed by atoms with Crippen molar-refractivity contribution in [3.05, 3.63) is 34.7 Å². The Kier molecular flexibility index (Phi) is 2.25. The summed E-state index contributed by atoms with van der Waals surface area (Å²) in [5.74, 6) is -0.567. The Morgan fingerprint density at radius 2 is 1.93 bits per heavy atom. The molecule has 0 saturated heterocycles. The molecule has 0 atom stereocenters. The average Bonchev–Trinajstić information content (AvgIpc) is 2.70. The van der Waals surface area contributed by atoms with E-state index in [0.29, 0.717) is 10.4 Å². The third kappa shape index (κ3) is 1.33. The summed E-state index contributed by atoms with van der Waals surface area (Å²) in [6.45, 7) is 0. The Morgan fingerprint density at radius 3 is 2.73 bits per heavy atom. The molecule has 0 spiro atoms. The molecule has 2 heterocycles. The van der Waals surface area contributed by atoms with Crippen LogP contribution in [0.5, 0.6) is 0 Å². The smallest absolute Gasteiger partial charge is 0.269 e. The van der Waals surface area contributed by atoms with Gasteiger partial charge in [-0.25, -0.2) is 0 Å². The van der Waals surface area contributed by atoms with Crippen LogP contribution in [0, 0.1) is 0 Å². The normalized spacial score (nSPS) is 13.6. The molecule has 5 heteroatoms. The molecular weight excluding hydrogens is 234 g/mol. The monoisotopic (exact) mass is 239 g/mol. The van der Waals surface area contributed by atoms with Crippen LogP contribution in [0.3, 0.4) is 0 Å². The molecule has 3 aliphatic rings. The zero-order valence-corrected chi connectivity index (χ0v) is 9.08. The summed E-state index contributed by atoms with van der Waals surface area (Å²) in [6, 6.07) is 7.55. The second-order valence-electron chi connectivity index (χ2n) is 3.12. The van der Waals surface area contributed by atoms with Gasteiger partial charge in [0.15, 0.2) is 0 Å². The molecule has 0 aromatic carbocycles. The van der Waals surface area contributed by atoms with Gasteiger partial charge in [-0.3, -0.25) is 14.9 Å². The molecule has 15 heavy (non-hydrogen) atoms. The van der Waals surface area contributed by atoms with Crippen LogP contribution in [0.15, 0.2) is 24.3 Å². The molecule has 76 valence electrons. The fourth-order valence-electron chi connectivity index (χ4n) is 1.58. The van der Waals surface area contributed by atoms with Crippen molar-refractivity contribution in [2.45, 2.75) is 0 Å². The van der Waals surface area contributed by atoms with Crippen LogP contribution in [0.2, 0.25) is 0 Å². The van der Waals surface area contributed by atoms with E-state index in [2.05, 4.69) is 5.32 Å². The van der Waals surface area contributed by atoms with E-state index in [0.717, 1.165) is 10.4 Å². The number of nitrogens with one attached hydrogen (secondary N) is 1. The van der Waals surface area contributed by atoms with Gasteiger partial charge in [0.1, 0.15) is 4.88 Å². The van der Waals surface area contributed by atoms with E-state index in [-0.39, 0.29) is 24.2 Å². The van der Waals surface area contributed by atoms with Crippen LogP contribution < -0.4 is 5.32 Å². The number of amides is 2. The van der Waals surface area contributed by atoms with Gasteiger partial charge in [0.05, 0.1) is 5.56 Å². The summed E-state index contributed by atoms with van der Waals surface area (Å²) in [4.78, 5) is 24.2. The van der Waals surface area contributed by atoms with Gasteiger partial charge in [0, 0.05) is 4.88 Å². The number of rotatable bonds is 0. The molecule has 0 unspecified atom stereocenters. The van der Waals surface area contributed by atoms with Crippen molar-refractivity contribution >= 4 is 35.6 Å². The fraction of sp³-hybridized carbons (Fsp3) is 0. The van der Waals surface area contributed by atoms with Gasteiger partial charge < -0.3 is 0 Å². The van der Waals surface area contributed by atoms with Gasteiger partial charge in [0.25, 0.3) is 11.8 Å². The maximum absolute atomic E-state index is 11.3. The van der Waals surface area contributed by atoms with Crippen LogP contribution in [0.1, 0.15) is 20.0 Å². The second-order valence-corrected chi connectivity index (χ2v) is 4.17. The van der Waals surface area contributed by atoms with Crippen LogP contribution in [0.4, 0.5) is 0 Å². The molecular formula is C10H6ClNO2S. The van der Waals surface area contributed by atoms with E-state index in [9.17, 15) is 9.59 Å². The maximum atomic E-state index is 11.3. The van der Waals surface area contributed by atoms with Gasteiger partial charge in [-0.05, 0) is 17.7 Å². The van der Waals surface area contributed by atoms with Gasteiger partial charge in [-0.15, -0.1) is 23.7 Å². The minimum Gasteiger partial charge on any atom is -0.287 e. The van der Waals surface area contributed by atoms with Crippen LogP contribution >= 0.6 is 23.7 Å². The maximum Gasteiger partial charge on any atom is 0.269 e. The van der Waals surface area contributed by atoms with Crippen molar-refractivity contribution < 1.29 is 9.59 Å². The van der Waals surface area contributed by atoms with Gasteiger partial charge >= 0.3 is 0 Å². The molecule has 0 saturated carbocycles. The van der Waals surface area contributed by atoms with Crippen molar-refractivity contribution in [1.29, 1.82) is 0 Å². The number of imide groups is 1. The first-order valence-electron chi connectivity index (χ1n) is 4.14. The van der Waals surface area contributed by atoms with Gasteiger partial charge in [-0.2, -0.15) is 0 Å². The van der Waals surface area contributed by atoms with Crippen LogP contribution in [-0.4, -0.2) is 11.8 Å². The molecule has 2 aliphatic heterocycles. The summed E-state index contributed by atoms with van der Waals surface area (Å²) < 4.78 is 0. The fourth-order valence-corrected chi connectivity index (χ4v) is 2.60. The van der Waals surface area contributed by atoms with Gasteiger partial charge in [0.2, 0.25) is 0 Å². The Morgan fingerprint density at radius 1 is 1.13 bits per heavy atom. The molecule has 2 amide bonds. The van der Waals surface area contributed by atoms with E-state index >= 15 is 0 Å². The predicted octanol–water partition coefficient (Wildman–Crippen LogP) is 2.16. The minimum atomic E-state index is -0.288. The number of hydrogen-bond acceptors (Lipinski definition) is 3. The first-order valence-corrected chi connectivity index (χ1v) is 4.95. The zero-order valence-electron chi connectivity index (χ0n) is 7.44. The highest BCUT2D eigenvalue weighted by Gasteiger charge is 2.29. The summed E-state index contributed by atoms with van der Waals surface area (Å²) in [5, 5.41) is 2.28. The summed E-state index contributed by atoms with van der Waals surface area (Å²) in [5.41, 5.74) is 1.51. The molecule has 1 N–H and O–H groups in total. The topological polar surface area (TPSA) is 46.2 Å². The highest BCUT2D eigenvalue weighted by Crippen LogP contribution is 2.34. The standard InChI is InChI=1S/C10H5NO2S.ClH/c12-9-6-4-5-2-1-3-7(5)14-8(6)10(13)11-9;/h1-4H,(H,11,12,13);1H. The quantitative estimate of drug-likeness (QED) is 0.716. The molecule has 1 aliphatic carbocycles. The van der Waals surface area contributed by atoms with Crippen molar-refractivity contribution in [3.63, 3.8) is 0 Å². The highest BCUT2D eigenvalue weighted by atomic mass is 35.5. The Hall–Kier alpha value is -1.39. The highest BCUT2D eigenvalue weighted by molar-refractivity contribution is 7.17. The SMILES string of the molecule is Cl.O=C1NC(=O)c2sc3cccc-3cc21. The molecule has 0 fully saturated rings. The second kappa shape index (κ2) is 3.32. The first-order chi connectivity index (χ1) is 6.75. The number of hydrogen-bond donors (Lipinski definition) is 1. The van der Waals surface area contributed by atoms with Crippen LogP contribution in [-0.2, 0) is 0 Å². The Balaban J connectivity index is 0.000000853. The molecule has 0 aromatic heterocycles. The van der Waals surface area contributed by atoms with Gasteiger partial charge in [-0.1, -0.05) is 12.1 Å². The Labute approximate surface area is 95.9 Å². The van der Waals surface area contributed by atoms with E-state index in [4.69, 9.17) is 0 Å². The molecule has 3 rings (SSSR count). The van der Waals surface area contributed by atoms with E-state index < -0.39 is 0 Å². The van der Waals surface area contributed by atoms with E-state index in [1.54, 1.807) is 6.07 Å². The third-order valence-electron chi connectivity index (χ3n) is 2.24. The van der Waals surface area contributed by atoms with Crippen molar-refractivity contribution in [3.8, 4) is 10.4 Å². The Bertz CT molecular complexity index is 489. The third-order valence-corrected chi connectivity index (χ3v) is 3.44. The number of fused-ring (bicyclic) bond motifs is 2. The van der Waals surface area contributed by atoms with E-state index in [1.807, 2.05) is 18.2 Å². The number of carbonyl (C=O) groups is 2. The summed E-state index contributed by atoms with van der Waals surface area (Å²) in [6.07, 6.45) is 0. The lowest BCUT2D eigenvalue weighted by Crippen LogP contribution is -2.19. The zero-order chi connectivity index (χ0) is 9.71. The van der Waals surface area contributed by atoms with Crippen molar-refractivity contribution in [2.24, 2.45) is 0 Å². The summed E-state index contributed by atoms with van der Waals surface area (Å²) >= 11 is 1.36. The largest absolute Gasteiger partial charge is 0.287 e. The minimum absolute atomic E-state index is 0. The predicted molar refractivity (Wildman–Crippen MR) is 60.0 cm³/mol. The number of carbonyl (C=O) groups excluding carboxylic acids is 2. The van der Waals surface area contributed by atoms with E-state index in [1.165, 1.54) is 11.3 Å². The van der Waals surface area contributed by atoms with Crippen molar-refractivity contribution in [2.75, 3.05) is 0 Å². The number of halogens is 1. The average molecular weight is 240 g/mol. The lowest BCUT2D eigenvalue weighted by Gasteiger charge is -1.99. The molecule has 0 radical (unpaired) electrons. The molecule has 0 bridgehead atoms. The lowest BCUT2D eigenvalue weighted by molar-refractivity contribution is 0.0881. The van der Waals surface area contributed by atoms with Crippen molar-refractivity contribution in [1.82, 2.24) is 5.32 Å². The first kappa shape index (κ1) is 10.1. The van der Waals surface area contributed by atoms with Crippen LogP contribution in [0.25, 0.3) is 10.4 Å². The lowest BCUT2D eigenvalue weighted by atomic mass is 10.2.